The van der Waals surface area contributed by atoms with Crippen LogP contribution in [0.25, 0.3) is 11.5 Å². The van der Waals surface area contributed by atoms with Gasteiger partial charge >= 0.3 is 5.97 Å². The highest BCUT2D eigenvalue weighted by Gasteiger charge is 2.12. The standard InChI is InChI=1S/C11H13N3O3/c1-7-3-4-8(14(7)2)11-12-9(17-13-11)5-6-10(15)16/h3-4H,5-6H2,1-2H3,(H,15,16). The van der Waals surface area contributed by atoms with Gasteiger partial charge in [-0.1, -0.05) is 5.16 Å². The highest BCUT2D eigenvalue weighted by molar-refractivity contribution is 5.66. The van der Waals surface area contributed by atoms with Gasteiger partial charge in [-0.2, -0.15) is 4.98 Å². The zero-order chi connectivity index (χ0) is 12.4. The van der Waals surface area contributed by atoms with Gasteiger partial charge in [0.15, 0.2) is 0 Å². The van der Waals surface area contributed by atoms with Gasteiger partial charge in [0, 0.05) is 19.2 Å². The second-order valence-electron chi connectivity index (χ2n) is 3.82. The summed E-state index contributed by atoms with van der Waals surface area (Å²) >= 11 is 0. The molecule has 0 fully saturated rings. The van der Waals surface area contributed by atoms with Crippen molar-refractivity contribution in [3.63, 3.8) is 0 Å². The molecule has 2 aromatic rings. The lowest BCUT2D eigenvalue weighted by molar-refractivity contribution is -0.137. The lowest BCUT2D eigenvalue weighted by Gasteiger charge is -1.99. The summed E-state index contributed by atoms with van der Waals surface area (Å²) < 4.78 is 6.95. The van der Waals surface area contributed by atoms with Crippen LogP contribution in [-0.2, 0) is 18.3 Å². The van der Waals surface area contributed by atoms with Crippen molar-refractivity contribution in [2.45, 2.75) is 19.8 Å². The van der Waals surface area contributed by atoms with Crippen LogP contribution in [0, 0.1) is 6.92 Å². The molecule has 2 rings (SSSR count). The minimum atomic E-state index is -0.875. The van der Waals surface area contributed by atoms with E-state index in [0.29, 0.717) is 11.7 Å². The molecule has 0 amide bonds. The molecule has 0 aliphatic carbocycles. The predicted molar refractivity (Wildman–Crippen MR) is 59.4 cm³/mol. The Morgan fingerprint density at radius 1 is 1.53 bits per heavy atom. The zero-order valence-electron chi connectivity index (χ0n) is 9.67. The van der Waals surface area contributed by atoms with Gasteiger partial charge in [0.05, 0.1) is 12.1 Å². The second-order valence-corrected chi connectivity index (χ2v) is 3.82. The summed E-state index contributed by atoms with van der Waals surface area (Å²) in [5, 5.41) is 12.4. The monoisotopic (exact) mass is 235 g/mol. The van der Waals surface area contributed by atoms with Crippen LogP contribution >= 0.6 is 0 Å². The quantitative estimate of drug-likeness (QED) is 0.866. The van der Waals surface area contributed by atoms with E-state index in [-0.39, 0.29) is 12.8 Å². The molecule has 1 N–H and O–H groups in total. The number of carboxylic acids is 1. The zero-order valence-corrected chi connectivity index (χ0v) is 9.67. The van der Waals surface area contributed by atoms with E-state index in [9.17, 15) is 4.79 Å². The van der Waals surface area contributed by atoms with Crippen molar-refractivity contribution in [2.24, 2.45) is 7.05 Å². The van der Waals surface area contributed by atoms with Crippen molar-refractivity contribution >= 4 is 5.97 Å². The molecule has 0 aliphatic rings. The van der Waals surface area contributed by atoms with Crippen LogP contribution in [0.3, 0.4) is 0 Å². The number of hydrogen-bond acceptors (Lipinski definition) is 4. The Bertz CT molecular complexity index is 542. The summed E-state index contributed by atoms with van der Waals surface area (Å²) in [6.45, 7) is 1.98. The molecule has 0 atom stereocenters. The van der Waals surface area contributed by atoms with E-state index in [1.165, 1.54) is 0 Å². The number of rotatable bonds is 4. The summed E-state index contributed by atoms with van der Waals surface area (Å²) in [4.78, 5) is 14.6. The molecule has 6 nitrogen and oxygen atoms in total. The van der Waals surface area contributed by atoms with Gasteiger partial charge in [-0.3, -0.25) is 4.79 Å². The fourth-order valence-electron chi connectivity index (χ4n) is 1.51. The first-order valence-corrected chi connectivity index (χ1v) is 5.25. The molecule has 0 aromatic carbocycles. The van der Waals surface area contributed by atoms with E-state index in [1.54, 1.807) is 0 Å². The van der Waals surface area contributed by atoms with Crippen LogP contribution < -0.4 is 0 Å². The first kappa shape index (κ1) is 11.4. The van der Waals surface area contributed by atoms with E-state index in [4.69, 9.17) is 9.63 Å². The third-order valence-electron chi connectivity index (χ3n) is 2.62. The molecule has 6 heteroatoms. The molecule has 0 saturated carbocycles. The summed E-state index contributed by atoms with van der Waals surface area (Å²) in [5.41, 5.74) is 1.95. The van der Waals surface area contributed by atoms with Gasteiger partial charge in [0.2, 0.25) is 11.7 Å². The molecule has 17 heavy (non-hydrogen) atoms. The van der Waals surface area contributed by atoms with Gasteiger partial charge < -0.3 is 14.2 Å². The molecule has 0 unspecified atom stereocenters. The molecule has 0 aliphatic heterocycles. The fraction of sp³-hybridized carbons (Fsp3) is 0.364. The third kappa shape index (κ3) is 2.35. The van der Waals surface area contributed by atoms with Crippen LogP contribution in [0.5, 0.6) is 0 Å². The Hall–Kier alpha value is -2.11. The summed E-state index contributed by atoms with van der Waals surface area (Å²) in [7, 11) is 1.91. The van der Waals surface area contributed by atoms with Crippen LogP contribution in [0.4, 0.5) is 0 Å². The molecular weight excluding hydrogens is 222 g/mol. The fourth-order valence-corrected chi connectivity index (χ4v) is 1.51. The topological polar surface area (TPSA) is 81.2 Å². The lowest BCUT2D eigenvalue weighted by Crippen LogP contribution is -1.98. The highest BCUT2D eigenvalue weighted by Crippen LogP contribution is 2.18. The molecule has 90 valence electrons. The Morgan fingerprint density at radius 3 is 2.88 bits per heavy atom. The molecule has 2 aromatic heterocycles. The maximum Gasteiger partial charge on any atom is 0.303 e. The van der Waals surface area contributed by atoms with Gasteiger partial charge in [0.25, 0.3) is 0 Å². The molecule has 2 heterocycles. The Morgan fingerprint density at radius 2 is 2.29 bits per heavy atom. The minimum absolute atomic E-state index is 0.00615. The minimum Gasteiger partial charge on any atom is -0.481 e. The van der Waals surface area contributed by atoms with Crippen LogP contribution in [0.2, 0.25) is 0 Å². The first-order chi connectivity index (χ1) is 8.08. The maximum atomic E-state index is 10.4. The van der Waals surface area contributed by atoms with Crippen molar-refractivity contribution in [1.82, 2.24) is 14.7 Å². The molecular formula is C11H13N3O3. The van der Waals surface area contributed by atoms with E-state index in [0.717, 1.165) is 11.4 Å². The Balaban J connectivity index is 2.18. The normalized spacial score (nSPS) is 10.7. The van der Waals surface area contributed by atoms with Gasteiger partial charge in [-0.25, -0.2) is 0 Å². The number of aromatic nitrogens is 3. The van der Waals surface area contributed by atoms with E-state index in [2.05, 4.69) is 10.1 Å². The number of nitrogens with zero attached hydrogens (tertiary/aromatic N) is 3. The molecule has 0 radical (unpaired) electrons. The van der Waals surface area contributed by atoms with Crippen molar-refractivity contribution in [2.75, 3.05) is 0 Å². The molecule has 0 bridgehead atoms. The first-order valence-electron chi connectivity index (χ1n) is 5.25. The SMILES string of the molecule is Cc1ccc(-c2noc(CCC(=O)O)n2)n1C. The highest BCUT2D eigenvalue weighted by atomic mass is 16.5. The van der Waals surface area contributed by atoms with Crippen molar-refractivity contribution < 1.29 is 14.4 Å². The van der Waals surface area contributed by atoms with E-state index in [1.807, 2.05) is 30.7 Å². The number of aryl methyl sites for hydroxylation is 2. The molecule has 0 spiro atoms. The van der Waals surface area contributed by atoms with Gasteiger partial charge in [-0.15, -0.1) is 0 Å². The number of hydrogen-bond donors (Lipinski definition) is 1. The van der Waals surface area contributed by atoms with E-state index >= 15 is 0 Å². The summed E-state index contributed by atoms with van der Waals surface area (Å²) in [6.07, 6.45) is 0.250. The number of carbonyl (C=O) groups is 1. The molecule has 0 saturated heterocycles. The number of aliphatic carboxylic acids is 1. The van der Waals surface area contributed by atoms with Crippen LogP contribution in [0.15, 0.2) is 16.7 Å². The lowest BCUT2D eigenvalue weighted by atomic mass is 10.3. The average molecular weight is 235 g/mol. The predicted octanol–water partition coefficient (Wildman–Crippen LogP) is 1.40. The average Bonchev–Trinajstić information content (AvgIpc) is 2.85. The Kier molecular flexibility index (Phi) is 2.95. The largest absolute Gasteiger partial charge is 0.481 e. The van der Waals surface area contributed by atoms with Crippen molar-refractivity contribution in [3.05, 3.63) is 23.7 Å². The van der Waals surface area contributed by atoms with Crippen molar-refractivity contribution in [1.29, 1.82) is 0 Å². The summed E-state index contributed by atoms with van der Waals surface area (Å²) in [6, 6.07) is 3.86. The van der Waals surface area contributed by atoms with Crippen molar-refractivity contribution in [3.8, 4) is 11.5 Å². The second kappa shape index (κ2) is 4.40. The van der Waals surface area contributed by atoms with Gasteiger partial charge in [-0.05, 0) is 19.1 Å². The number of carboxylic acid groups (broad SMARTS) is 1. The Labute approximate surface area is 97.9 Å². The third-order valence-corrected chi connectivity index (χ3v) is 2.62. The van der Waals surface area contributed by atoms with E-state index < -0.39 is 5.97 Å². The smallest absolute Gasteiger partial charge is 0.303 e. The van der Waals surface area contributed by atoms with Crippen LogP contribution in [-0.4, -0.2) is 25.8 Å². The summed E-state index contributed by atoms with van der Waals surface area (Å²) in [5.74, 6) is -0.0401. The maximum absolute atomic E-state index is 10.4. The van der Waals surface area contributed by atoms with Crippen LogP contribution in [0.1, 0.15) is 18.0 Å². The van der Waals surface area contributed by atoms with Gasteiger partial charge in [0.1, 0.15) is 0 Å².